The minimum absolute atomic E-state index is 0.0841. The molecule has 184 valence electrons. The number of carbonyl (C=O) groups is 7. The van der Waals surface area contributed by atoms with Crippen molar-refractivity contribution in [3.8, 4) is 0 Å². The van der Waals surface area contributed by atoms with E-state index in [9.17, 15) is 38.7 Å². The average Bonchev–Trinajstić information content (AvgIpc) is 3.19. The van der Waals surface area contributed by atoms with Crippen molar-refractivity contribution in [2.45, 2.75) is 62.7 Å². The van der Waals surface area contributed by atoms with Crippen molar-refractivity contribution in [3.05, 3.63) is 0 Å². The van der Waals surface area contributed by atoms with Crippen LogP contribution in [0.25, 0.3) is 0 Å². The number of nitrogens with one attached hydrogen (secondary N) is 2. The van der Waals surface area contributed by atoms with Gasteiger partial charge in [-0.15, -0.1) is 0 Å². The molecule has 4 amide bonds. The van der Waals surface area contributed by atoms with Gasteiger partial charge in [-0.05, 0) is 19.3 Å². The topological polar surface area (TPSA) is 260 Å². The Kier molecular flexibility index (Phi) is 10.2. The Labute approximate surface area is 187 Å². The molecular weight excluding hydrogens is 446 g/mol. The molecule has 1 saturated heterocycles. The first-order valence-electron chi connectivity index (χ1n) is 9.95. The number of hydrogen-bond donors (Lipinski definition) is 7. The Bertz CT molecular complexity index is 816. The Morgan fingerprint density at radius 1 is 0.909 bits per heavy atom. The smallest absolute Gasteiger partial charge is 0.326 e. The Hall–Kier alpha value is -3.75. The fourth-order valence-corrected chi connectivity index (χ4v) is 3.25. The van der Waals surface area contributed by atoms with E-state index < -0.39 is 91.4 Å². The molecule has 1 aliphatic heterocycles. The molecule has 15 heteroatoms. The number of primary amides is 1. The van der Waals surface area contributed by atoms with Crippen LogP contribution in [0.2, 0.25) is 0 Å². The van der Waals surface area contributed by atoms with E-state index in [-0.39, 0.29) is 13.0 Å². The molecule has 0 aromatic carbocycles. The second kappa shape index (κ2) is 12.3. The molecule has 0 saturated carbocycles. The third-order valence-corrected chi connectivity index (χ3v) is 4.85. The van der Waals surface area contributed by atoms with Gasteiger partial charge in [-0.2, -0.15) is 0 Å². The molecule has 1 fully saturated rings. The first-order chi connectivity index (χ1) is 15.3. The van der Waals surface area contributed by atoms with E-state index in [0.29, 0.717) is 6.42 Å². The van der Waals surface area contributed by atoms with Gasteiger partial charge in [0.15, 0.2) is 0 Å². The van der Waals surface area contributed by atoms with Gasteiger partial charge in [0.1, 0.15) is 18.1 Å². The molecule has 1 aliphatic rings. The number of likely N-dealkylation sites (tertiary alicyclic amines) is 1. The molecule has 0 radical (unpaired) electrons. The SMILES string of the molecule is NC(=O)CC(NC(=O)C(N)CC(=O)O)C(=O)NC(CCC(=O)O)C(=O)N1CCCC1C(=O)O. The highest BCUT2D eigenvalue weighted by Gasteiger charge is 2.38. The predicted molar refractivity (Wildman–Crippen MR) is 107 cm³/mol. The van der Waals surface area contributed by atoms with Gasteiger partial charge in [-0.3, -0.25) is 28.8 Å². The van der Waals surface area contributed by atoms with E-state index in [1.165, 1.54) is 0 Å². The highest BCUT2D eigenvalue weighted by Crippen LogP contribution is 2.19. The van der Waals surface area contributed by atoms with Crippen LogP contribution in [0.1, 0.15) is 38.5 Å². The van der Waals surface area contributed by atoms with Crippen LogP contribution >= 0.6 is 0 Å². The molecule has 1 heterocycles. The summed E-state index contributed by atoms with van der Waals surface area (Å²) in [6.45, 7) is 0.0841. The highest BCUT2D eigenvalue weighted by molar-refractivity contribution is 5.96. The lowest BCUT2D eigenvalue weighted by molar-refractivity contribution is -0.150. The van der Waals surface area contributed by atoms with Crippen LogP contribution in [0, 0.1) is 0 Å². The maximum Gasteiger partial charge on any atom is 0.326 e. The third-order valence-electron chi connectivity index (χ3n) is 4.85. The Balaban J connectivity index is 3.04. The number of hydrogen-bond acceptors (Lipinski definition) is 8. The summed E-state index contributed by atoms with van der Waals surface area (Å²) in [6.07, 6.45) is -1.84. The van der Waals surface area contributed by atoms with E-state index in [2.05, 4.69) is 10.6 Å². The van der Waals surface area contributed by atoms with Gasteiger partial charge in [-0.1, -0.05) is 0 Å². The van der Waals surface area contributed by atoms with E-state index in [1.54, 1.807) is 0 Å². The maximum atomic E-state index is 12.9. The van der Waals surface area contributed by atoms with Crippen molar-refractivity contribution in [2.75, 3.05) is 6.54 Å². The van der Waals surface area contributed by atoms with Crippen LogP contribution in [0.5, 0.6) is 0 Å². The molecule has 1 rings (SSSR count). The van der Waals surface area contributed by atoms with E-state index in [0.717, 1.165) is 4.90 Å². The van der Waals surface area contributed by atoms with E-state index in [4.69, 9.17) is 21.7 Å². The first-order valence-corrected chi connectivity index (χ1v) is 9.95. The maximum absolute atomic E-state index is 12.9. The largest absolute Gasteiger partial charge is 0.481 e. The zero-order chi connectivity index (χ0) is 25.3. The minimum atomic E-state index is -1.64. The summed E-state index contributed by atoms with van der Waals surface area (Å²) in [5.74, 6) is -7.92. The third kappa shape index (κ3) is 8.72. The Morgan fingerprint density at radius 2 is 1.52 bits per heavy atom. The second-order valence-electron chi connectivity index (χ2n) is 7.46. The molecule has 33 heavy (non-hydrogen) atoms. The number of nitrogens with two attached hydrogens (primary N) is 2. The van der Waals surface area contributed by atoms with Crippen LogP contribution in [0.15, 0.2) is 0 Å². The molecule has 0 spiro atoms. The Morgan fingerprint density at radius 3 is 2.03 bits per heavy atom. The number of rotatable bonds is 13. The standard InChI is InChI=1S/C18H27N5O10/c19-8(6-14(27)28)15(29)22-10(7-12(20)24)16(30)21-9(3-4-13(25)26)17(31)23-5-1-2-11(23)18(32)33/h8-11H,1-7,19H2,(H2,20,24)(H,21,30)(H,22,29)(H,25,26)(H,27,28)(H,32,33). The normalized spacial score (nSPS) is 18.0. The number of nitrogens with zero attached hydrogens (tertiary/aromatic N) is 1. The fraction of sp³-hybridized carbons (Fsp3) is 0.611. The summed E-state index contributed by atoms with van der Waals surface area (Å²) in [6, 6.07) is -5.79. The van der Waals surface area contributed by atoms with Crippen molar-refractivity contribution in [1.82, 2.24) is 15.5 Å². The monoisotopic (exact) mass is 473 g/mol. The van der Waals surface area contributed by atoms with E-state index >= 15 is 0 Å². The summed E-state index contributed by atoms with van der Waals surface area (Å²) in [5, 5.41) is 31.3. The van der Waals surface area contributed by atoms with Crippen LogP contribution in [0.3, 0.4) is 0 Å². The number of carboxylic acids is 3. The number of aliphatic carboxylic acids is 3. The summed E-state index contributed by atoms with van der Waals surface area (Å²) < 4.78 is 0. The molecule has 0 aromatic heterocycles. The van der Waals surface area contributed by atoms with Gasteiger partial charge in [-0.25, -0.2) is 4.79 Å². The average molecular weight is 473 g/mol. The van der Waals surface area contributed by atoms with Gasteiger partial charge in [0.05, 0.1) is 18.9 Å². The molecule has 4 atom stereocenters. The van der Waals surface area contributed by atoms with Gasteiger partial charge >= 0.3 is 17.9 Å². The predicted octanol–water partition coefficient (Wildman–Crippen LogP) is -3.43. The molecule has 15 nitrogen and oxygen atoms in total. The van der Waals surface area contributed by atoms with Gasteiger partial charge < -0.3 is 42.3 Å². The zero-order valence-electron chi connectivity index (χ0n) is 17.6. The lowest BCUT2D eigenvalue weighted by atomic mass is 10.1. The van der Waals surface area contributed by atoms with Crippen LogP contribution < -0.4 is 22.1 Å². The van der Waals surface area contributed by atoms with Crippen molar-refractivity contribution < 1.29 is 48.9 Å². The molecule has 0 aliphatic carbocycles. The van der Waals surface area contributed by atoms with Crippen molar-refractivity contribution in [1.29, 1.82) is 0 Å². The second-order valence-corrected chi connectivity index (χ2v) is 7.46. The quantitative estimate of drug-likeness (QED) is 0.138. The molecule has 9 N–H and O–H groups in total. The number of amides is 4. The number of carbonyl (C=O) groups excluding carboxylic acids is 4. The minimum Gasteiger partial charge on any atom is -0.481 e. The molecule has 4 unspecified atom stereocenters. The summed E-state index contributed by atoms with van der Waals surface area (Å²) >= 11 is 0. The van der Waals surface area contributed by atoms with Gasteiger partial charge in [0.2, 0.25) is 23.6 Å². The highest BCUT2D eigenvalue weighted by atomic mass is 16.4. The van der Waals surface area contributed by atoms with E-state index in [1.807, 2.05) is 0 Å². The zero-order valence-corrected chi connectivity index (χ0v) is 17.6. The van der Waals surface area contributed by atoms with Crippen molar-refractivity contribution in [3.63, 3.8) is 0 Å². The number of carboxylic acid groups (broad SMARTS) is 3. The van der Waals surface area contributed by atoms with Crippen LogP contribution in [-0.2, 0) is 33.6 Å². The van der Waals surface area contributed by atoms with Crippen molar-refractivity contribution >= 4 is 41.5 Å². The van der Waals surface area contributed by atoms with Crippen molar-refractivity contribution in [2.24, 2.45) is 11.5 Å². The molecule has 0 aromatic rings. The van der Waals surface area contributed by atoms with Crippen LogP contribution in [-0.4, -0.2) is 92.5 Å². The van der Waals surface area contributed by atoms with Gasteiger partial charge in [0.25, 0.3) is 0 Å². The van der Waals surface area contributed by atoms with Gasteiger partial charge in [0, 0.05) is 13.0 Å². The molecular formula is C18H27N5O10. The summed E-state index contributed by atoms with van der Waals surface area (Å²) in [7, 11) is 0. The lowest BCUT2D eigenvalue weighted by Crippen LogP contribution is -2.58. The summed E-state index contributed by atoms with van der Waals surface area (Å²) in [5.41, 5.74) is 10.5. The summed E-state index contributed by atoms with van der Waals surface area (Å²) in [4.78, 5) is 83.2. The van der Waals surface area contributed by atoms with Crippen LogP contribution in [0.4, 0.5) is 0 Å². The molecule has 0 bridgehead atoms. The fourth-order valence-electron chi connectivity index (χ4n) is 3.25. The first kappa shape index (κ1) is 27.3. The lowest BCUT2D eigenvalue weighted by Gasteiger charge is -2.28.